The standard InChI is InChI=1S/C16H23BrN6O3.C2H6/c1-5-10-11(12(24)23-14(18-10)19-13(17)20-23)21-6-8-22(9-7-21)15(25)26-16(2,3)4;1-2/h5-9H2,1-4H3,(H,18,19,20);1-2H3. The molecule has 0 saturated carbocycles. The molecule has 0 aliphatic carbocycles. The van der Waals surface area contributed by atoms with E-state index < -0.39 is 5.60 Å². The van der Waals surface area contributed by atoms with Crippen LogP contribution in [0.4, 0.5) is 10.5 Å². The van der Waals surface area contributed by atoms with E-state index in [0.717, 1.165) is 0 Å². The average molecular weight is 457 g/mol. The fraction of sp³-hybridized carbons (Fsp3) is 0.667. The molecule has 1 saturated heterocycles. The third-order valence-corrected chi connectivity index (χ3v) is 4.45. The average Bonchev–Trinajstić information content (AvgIpc) is 3.02. The van der Waals surface area contributed by atoms with Crippen LogP contribution in [0, 0.1) is 0 Å². The van der Waals surface area contributed by atoms with Gasteiger partial charge in [0.15, 0.2) is 4.73 Å². The van der Waals surface area contributed by atoms with Crippen molar-refractivity contribution in [2.24, 2.45) is 0 Å². The summed E-state index contributed by atoms with van der Waals surface area (Å²) in [5.41, 5.74) is 0.561. The Labute approximate surface area is 173 Å². The number of piperazine rings is 1. The molecule has 28 heavy (non-hydrogen) atoms. The predicted octanol–water partition coefficient (Wildman–Crippen LogP) is 2.83. The highest BCUT2D eigenvalue weighted by atomic mass is 79.9. The number of aryl methyl sites for hydroxylation is 1. The third-order valence-electron chi connectivity index (χ3n) is 4.10. The van der Waals surface area contributed by atoms with Crippen LogP contribution in [0.3, 0.4) is 0 Å². The zero-order valence-corrected chi connectivity index (χ0v) is 19.0. The number of carbonyl (C=O) groups is 1. The van der Waals surface area contributed by atoms with Gasteiger partial charge in [-0.2, -0.15) is 9.50 Å². The highest BCUT2D eigenvalue weighted by Gasteiger charge is 2.28. The van der Waals surface area contributed by atoms with Gasteiger partial charge in [-0.1, -0.05) is 20.8 Å². The van der Waals surface area contributed by atoms with Crippen molar-refractivity contribution in [1.29, 1.82) is 0 Å². The molecule has 9 nitrogen and oxygen atoms in total. The molecule has 1 aliphatic rings. The van der Waals surface area contributed by atoms with E-state index in [9.17, 15) is 9.59 Å². The van der Waals surface area contributed by atoms with Crippen molar-refractivity contribution in [2.75, 3.05) is 31.1 Å². The van der Waals surface area contributed by atoms with Gasteiger partial charge in [-0.15, -0.1) is 0 Å². The smallest absolute Gasteiger partial charge is 0.410 e. The maximum Gasteiger partial charge on any atom is 0.410 e. The first-order valence-electron chi connectivity index (χ1n) is 9.59. The number of amides is 1. The van der Waals surface area contributed by atoms with Crippen LogP contribution < -0.4 is 10.5 Å². The predicted molar refractivity (Wildman–Crippen MR) is 112 cm³/mol. The van der Waals surface area contributed by atoms with Crippen molar-refractivity contribution in [3.63, 3.8) is 0 Å². The summed E-state index contributed by atoms with van der Waals surface area (Å²) in [6, 6.07) is 0. The summed E-state index contributed by atoms with van der Waals surface area (Å²) in [7, 11) is 0. The van der Waals surface area contributed by atoms with E-state index in [4.69, 9.17) is 4.74 Å². The van der Waals surface area contributed by atoms with Gasteiger partial charge >= 0.3 is 6.09 Å². The van der Waals surface area contributed by atoms with Crippen LogP contribution in [-0.2, 0) is 11.2 Å². The van der Waals surface area contributed by atoms with Crippen molar-refractivity contribution in [2.45, 2.75) is 53.6 Å². The summed E-state index contributed by atoms with van der Waals surface area (Å²) in [5.74, 6) is 0.342. The van der Waals surface area contributed by atoms with Gasteiger partial charge in [-0.05, 0) is 43.1 Å². The summed E-state index contributed by atoms with van der Waals surface area (Å²) in [6.07, 6.45) is 0.299. The number of hydrogen-bond acceptors (Lipinski definition) is 6. The van der Waals surface area contributed by atoms with Gasteiger partial charge in [0, 0.05) is 26.2 Å². The van der Waals surface area contributed by atoms with Gasteiger partial charge in [-0.25, -0.2) is 9.78 Å². The van der Waals surface area contributed by atoms with Crippen LogP contribution in [0.5, 0.6) is 0 Å². The van der Waals surface area contributed by atoms with E-state index in [1.54, 1.807) is 4.90 Å². The number of carbonyl (C=O) groups excluding carboxylic acids is 1. The normalized spacial score (nSPS) is 14.7. The second-order valence-corrected chi connectivity index (χ2v) is 7.92. The van der Waals surface area contributed by atoms with E-state index in [0.29, 0.717) is 54.5 Å². The van der Waals surface area contributed by atoms with E-state index in [-0.39, 0.29) is 11.7 Å². The molecular weight excluding hydrogens is 428 g/mol. The minimum atomic E-state index is -0.522. The molecule has 0 aromatic carbocycles. The quantitative estimate of drug-likeness (QED) is 0.745. The lowest BCUT2D eigenvalue weighted by Crippen LogP contribution is -2.51. The van der Waals surface area contributed by atoms with Crippen molar-refractivity contribution in [3.8, 4) is 0 Å². The Morgan fingerprint density at radius 2 is 1.79 bits per heavy atom. The number of nitrogens with one attached hydrogen (secondary N) is 1. The largest absolute Gasteiger partial charge is 0.444 e. The molecule has 0 bridgehead atoms. The number of H-pyrrole nitrogens is 1. The van der Waals surface area contributed by atoms with E-state index >= 15 is 0 Å². The Balaban J connectivity index is 0.00000136. The van der Waals surface area contributed by atoms with E-state index in [2.05, 4.69) is 31.0 Å². The van der Waals surface area contributed by atoms with Gasteiger partial charge in [0.2, 0.25) is 0 Å². The SMILES string of the molecule is CC.CCc1nc2nc(Br)[nH]n2c(=O)c1N1CCN(C(=O)OC(C)(C)C)CC1. The second-order valence-electron chi connectivity index (χ2n) is 7.17. The number of hydrogen-bond donors (Lipinski definition) is 1. The molecule has 3 heterocycles. The van der Waals surface area contributed by atoms with Crippen LogP contribution >= 0.6 is 15.9 Å². The zero-order chi connectivity index (χ0) is 21.1. The van der Waals surface area contributed by atoms with Gasteiger partial charge < -0.3 is 14.5 Å². The Hall–Kier alpha value is -2.10. The van der Waals surface area contributed by atoms with E-state index in [1.807, 2.05) is 46.4 Å². The molecule has 10 heteroatoms. The van der Waals surface area contributed by atoms with Crippen LogP contribution in [0.1, 0.15) is 47.2 Å². The third kappa shape index (κ3) is 4.84. The first kappa shape index (κ1) is 22.2. The lowest BCUT2D eigenvalue weighted by molar-refractivity contribution is 0.0240. The highest BCUT2D eigenvalue weighted by molar-refractivity contribution is 9.10. The molecule has 156 valence electrons. The van der Waals surface area contributed by atoms with Gasteiger partial charge in [-0.3, -0.25) is 9.89 Å². The number of aromatic nitrogens is 4. The molecule has 1 N–H and O–H groups in total. The van der Waals surface area contributed by atoms with Crippen molar-refractivity contribution < 1.29 is 9.53 Å². The first-order chi connectivity index (χ1) is 13.2. The molecule has 0 atom stereocenters. The van der Waals surface area contributed by atoms with Gasteiger partial charge in [0.25, 0.3) is 11.3 Å². The molecule has 1 fully saturated rings. The van der Waals surface area contributed by atoms with Crippen molar-refractivity contribution in [3.05, 3.63) is 20.8 Å². The van der Waals surface area contributed by atoms with Gasteiger partial charge in [0.1, 0.15) is 11.3 Å². The molecule has 2 aromatic rings. The topological polar surface area (TPSA) is 95.8 Å². The number of rotatable bonds is 2. The number of fused-ring (bicyclic) bond motifs is 1. The van der Waals surface area contributed by atoms with Crippen LogP contribution in [-0.4, -0.2) is 62.4 Å². The Kier molecular flexibility index (Phi) is 7.08. The van der Waals surface area contributed by atoms with Crippen molar-refractivity contribution in [1.82, 2.24) is 24.5 Å². The molecule has 3 rings (SSSR count). The van der Waals surface area contributed by atoms with Crippen LogP contribution in [0.2, 0.25) is 0 Å². The summed E-state index contributed by atoms with van der Waals surface area (Å²) in [4.78, 5) is 37.4. The minimum Gasteiger partial charge on any atom is -0.444 e. The number of aromatic amines is 1. The van der Waals surface area contributed by atoms with Crippen molar-refractivity contribution >= 4 is 33.5 Å². The minimum absolute atomic E-state index is 0.184. The number of halogens is 1. The molecule has 1 amide bonds. The fourth-order valence-electron chi connectivity index (χ4n) is 2.93. The lowest BCUT2D eigenvalue weighted by atomic mass is 10.2. The number of anilines is 1. The highest BCUT2D eigenvalue weighted by Crippen LogP contribution is 2.19. The second kappa shape index (κ2) is 8.93. The Morgan fingerprint density at radius 3 is 2.32 bits per heavy atom. The van der Waals surface area contributed by atoms with Crippen LogP contribution in [0.15, 0.2) is 9.53 Å². The summed E-state index contributed by atoms with van der Waals surface area (Å²) in [6.45, 7) is 13.6. The fourth-order valence-corrected chi connectivity index (χ4v) is 3.26. The van der Waals surface area contributed by atoms with E-state index in [1.165, 1.54) is 4.52 Å². The Morgan fingerprint density at radius 1 is 1.18 bits per heavy atom. The molecule has 1 aliphatic heterocycles. The lowest BCUT2D eigenvalue weighted by Gasteiger charge is -2.36. The monoisotopic (exact) mass is 456 g/mol. The molecule has 0 unspecified atom stereocenters. The molecule has 2 aromatic heterocycles. The zero-order valence-electron chi connectivity index (χ0n) is 17.4. The number of nitrogens with zero attached hydrogens (tertiary/aromatic N) is 5. The maximum absolute atomic E-state index is 12.9. The molecule has 0 radical (unpaired) electrons. The Bertz CT molecular complexity index is 878. The van der Waals surface area contributed by atoms with Gasteiger partial charge in [0.05, 0.1) is 5.69 Å². The summed E-state index contributed by atoms with van der Waals surface area (Å²) < 4.78 is 7.21. The first-order valence-corrected chi connectivity index (χ1v) is 10.4. The molecular formula is C18H29BrN6O3. The summed E-state index contributed by atoms with van der Waals surface area (Å²) >= 11 is 3.24. The van der Waals surface area contributed by atoms with Crippen LogP contribution in [0.25, 0.3) is 5.78 Å². The summed E-state index contributed by atoms with van der Waals surface area (Å²) in [5, 5.41) is 2.85. The molecule has 0 spiro atoms. The number of ether oxygens (including phenoxy) is 1. The maximum atomic E-state index is 12.9.